The average molecular weight is 276 g/mol. The van der Waals surface area contributed by atoms with Gasteiger partial charge in [0.2, 0.25) is 0 Å². The first kappa shape index (κ1) is 15.0. The van der Waals surface area contributed by atoms with Crippen LogP contribution in [0.15, 0.2) is 18.2 Å². The molecular weight excluding hydrogens is 252 g/mol. The van der Waals surface area contributed by atoms with Gasteiger partial charge in [-0.3, -0.25) is 4.79 Å². The standard InChI is InChI=1S/C16H24N2O2/c1-4-13-11-14(6-5-12(13)2)18-15(19)16(20-3)7-9-17-10-8-16/h5-6,11,17H,4,7-10H2,1-3H3,(H,18,19). The van der Waals surface area contributed by atoms with Crippen LogP contribution < -0.4 is 10.6 Å². The van der Waals surface area contributed by atoms with Crippen LogP contribution in [-0.2, 0) is 16.0 Å². The molecule has 0 spiro atoms. The van der Waals surface area contributed by atoms with Crippen molar-refractivity contribution in [1.82, 2.24) is 5.32 Å². The van der Waals surface area contributed by atoms with Gasteiger partial charge in [0.1, 0.15) is 5.60 Å². The van der Waals surface area contributed by atoms with E-state index in [0.29, 0.717) is 12.8 Å². The monoisotopic (exact) mass is 276 g/mol. The molecule has 4 nitrogen and oxygen atoms in total. The first-order valence-corrected chi connectivity index (χ1v) is 7.28. The van der Waals surface area contributed by atoms with E-state index in [-0.39, 0.29) is 5.91 Å². The molecule has 0 aromatic heterocycles. The molecule has 1 amide bonds. The zero-order valence-corrected chi connectivity index (χ0v) is 12.6. The van der Waals surface area contributed by atoms with E-state index in [9.17, 15) is 4.79 Å². The highest BCUT2D eigenvalue weighted by atomic mass is 16.5. The molecular formula is C16H24N2O2. The first-order valence-electron chi connectivity index (χ1n) is 7.28. The summed E-state index contributed by atoms with van der Waals surface area (Å²) >= 11 is 0. The van der Waals surface area contributed by atoms with Gasteiger partial charge in [-0.05, 0) is 62.5 Å². The van der Waals surface area contributed by atoms with Gasteiger partial charge in [0.15, 0.2) is 0 Å². The number of nitrogens with one attached hydrogen (secondary N) is 2. The number of benzene rings is 1. The second-order valence-corrected chi connectivity index (χ2v) is 5.40. The lowest BCUT2D eigenvalue weighted by atomic mass is 9.91. The van der Waals surface area contributed by atoms with Gasteiger partial charge in [-0.15, -0.1) is 0 Å². The average Bonchev–Trinajstić information content (AvgIpc) is 2.49. The number of ether oxygens (including phenoxy) is 1. The van der Waals surface area contributed by atoms with Gasteiger partial charge < -0.3 is 15.4 Å². The van der Waals surface area contributed by atoms with Crippen molar-refractivity contribution in [1.29, 1.82) is 0 Å². The zero-order chi connectivity index (χ0) is 14.6. The molecule has 0 radical (unpaired) electrons. The molecule has 1 fully saturated rings. The Bertz CT molecular complexity index is 479. The van der Waals surface area contributed by atoms with Gasteiger partial charge in [0, 0.05) is 12.8 Å². The number of aryl methyl sites for hydroxylation is 2. The van der Waals surface area contributed by atoms with Crippen LogP contribution in [0.5, 0.6) is 0 Å². The lowest BCUT2D eigenvalue weighted by Gasteiger charge is -2.34. The Morgan fingerprint density at radius 1 is 1.40 bits per heavy atom. The summed E-state index contributed by atoms with van der Waals surface area (Å²) in [4.78, 5) is 12.5. The van der Waals surface area contributed by atoms with E-state index in [4.69, 9.17) is 4.74 Å². The maximum atomic E-state index is 12.5. The first-order chi connectivity index (χ1) is 9.61. The van der Waals surface area contributed by atoms with Gasteiger partial charge in [-0.2, -0.15) is 0 Å². The number of anilines is 1. The van der Waals surface area contributed by atoms with Crippen molar-refractivity contribution in [3.05, 3.63) is 29.3 Å². The highest BCUT2D eigenvalue weighted by molar-refractivity contribution is 5.97. The van der Waals surface area contributed by atoms with Gasteiger partial charge in [0.05, 0.1) is 0 Å². The minimum absolute atomic E-state index is 0.0348. The van der Waals surface area contributed by atoms with Crippen LogP contribution in [0.3, 0.4) is 0 Å². The van der Waals surface area contributed by atoms with Crippen LogP contribution in [0, 0.1) is 6.92 Å². The predicted octanol–water partition coefficient (Wildman–Crippen LogP) is 2.26. The number of piperidine rings is 1. The van der Waals surface area contributed by atoms with E-state index >= 15 is 0 Å². The van der Waals surface area contributed by atoms with Gasteiger partial charge in [0.25, 0.3) is 5.91 Å². The van der Waals surface area contributed by atoms with E-state index in [2.05, 4.69) is 36.6 Å². The number of hydrogen-bond donors (Lipinski definition) is 2. The maximum absolute atomic E-state index is 12.5. The van der Waals surface area contributed by atoms with E-state index in [1.807, 2.05) is 6.07 Å². The molecule has 20 heavy (non-hydrogen) atoms. The van der Waals surface area contributed by atoms with Crippen LogP contribution in [0.2, 0.25) is 0 Å². The lowest BCUT2D eigenvalue weighted by Crippen LogP contribution is -2.51. The summed E-state index contributed by atoms with van der Waals surface area (Å²) in [5.41, 5.74) is 2.68. The summed E-state index contributed by atoms with van der Waals surface area (Å²) < 4.78 is 5.54. The molecule has 1 aromatic carbocycles. The number of carbonyl (C=O) groups excluding carboxylic acids is 1. The number of rotatable bonds is 4. The third-order valence-electron chi connectivity index (χ3n) is 4.20. The van der Waals surface area contributed by atoms with Crippen LogP contribution >= 0.6 is 0 Å². The fourth-order valence-corrected chi connectivity index (χ4v) is 2.73. The minimum atomic E-state index is -0.692. The molecule has 0 bridgehead atoms. The van der Waals surface area contributed by atoms with Crippen molar-refractivity contribution in [3.63, 3.8) is 0 Å². The topological polar surface area (TPSA) is 50.4 Å². The Morgan fingerprint density at radius 3 is 2.70 bits per heavy atom. The minimum Gasteiger partial charge on any atom is -0.368 e. The SMILES string of the molecule is CCc1cc(NC(=O)C2(OC)CCNCC2)ccc1C. The summed E-state index contributed by atoms with van der Waals surface area (Å²) in [6, 6.07) is 6.06. The van der Waals surface area contributed by atoms with Crippen molar-refractivity contribution in [2.75, 3.05) is 25.5 Å². The smallest absolute Gasteiger partial charge is 0.256 e. The van der Waals surface area contributed by atoms with Crippen LogP contribution in [0.25, 0.3) is 0 Å². The summed E-state index contributed by atoms with van der Waals surface area (Å²) in [6.45, 7) is 5.84. The summed E-state index contributed by atoms with van der Waals surface area (Å²) in [7, 11) is 1.62. The quantitative estimate of drug-likeness (QED) is 0.887. The largest absolute Gasteiger partial charge is 0.368 e. The lowest BCUT2D eigenvalue weighted by molar-refractivity contribution is -0.140. The van der Waals surface area contributed by atoms with E-state index in [0.717, 1.165) is 25.2 Å². The van der Waals surface area contributed by atoms with Crippen molar-refractivity contribution in [3.8, 4) is 0 Å². The van der Waals surface area contributed by atoms with Gasteiger partial charge in [-0.1, -0.05) is 13.0 Å². The second-order valence-electron chi connectivity index (χ2n) is 5.40. The normalized spacial score (nSPS) is 17.8. The Labute approximate surface area is 120 Å². The van der Waals surface area contributed by atoms with Crippen molar-refractivity contribution in [2.24, 2.45) is 0 Å². The van der Waals surface area contributed by atoms with E-state index in [1.165, 1.54) is 11.1 Å². The molecule has 0 aliphatic carbocycles. The summed E-state index contributed by atoms with van der Waals surface area (Å²) in [5, 5.41) is 6.27. The number of amides is 1. The third kappa shape index (κ3) is 3.02. The molecule has 2 N–H and O–H groups in total. The van der Waals surface area contributed by atoms with Crippen LogP contribution in [0.4, 0.5) is 5.69 Å². The van der Waals surface area contributed by atoms with Crippen molar-refractivity contribution < 1.29 is 9.53 Å². The summed E-state index contributed by atoms with van der Waals surface area (Å²) in [6.07, 6.45) is 2.39. The Kier molecular flexibility index (Phi) is 4.78. The number of carbonyl (C=O) groups is 1. The molecule has 4 heteroatoms. The molecule has 1 aliphatic rings. The zero-order valence-electron chi connectivity index (χ0n) is 12.6. The molecule has 1 aliphatic heterocycles. The number of methoxy groups -OCH3 is 1. The van der Waals surface area contributed by atoms with Gasteiger partial charge in [-0.25, -0.2) is 0 Å². The molecule has 0 saturated carbocycles. The highest BCUT2D eigenvalue weighted by Crippen LogP contribution is 2.25. The third-order valence-corrected chi connectivity index (χ3v) is 4.20. The molecule has 2 rings (SSSR count). The van der Waals surface area contributed by atoms with Crippen molar-refractivity contribution >= 4 is 11.6 Å². The summed E-state index contributed by atoms with van der Waals surface area (Å²) in [5.74, 6) is -0.0348. The Morgan fingerprint density at radius 2 is 2.10 bits per heavy atom. The fourth-order valence-electron chi connectivity index (χ4n) is 2.73. The highest BCUT2D eigenvalue weighted by Gasteiger charge is 2.39. The Hall–Kier alpha value is -1.39. The van der Waals surface area contributed by atoms with Crippen molar-refractivity contribution in [2.45, 2.75) is 38.7 Å². The fraction of sp³-hybridized carbons (Fsp3) is 0.562. The molecule has 110 valence electrons. The van der Waals surface area contributed by atoms with E-state index < -0.39 is 5.60 Å². The Balaban J connectivity index is 2.14. The molecule has 1 aromatic rings. The molecule has 0 unspecified atom stereocenters. The maximum Gasteiger partial charge on any atom is 0.256 e. The molecule has 0 atom stereocenters. The van der Waals surface area contributed by atoms with Crippen LogP contribution in [0.1, 0.15) is 30.9 Å². The van der Waals surface area contributed by atoms with E-state index in [1.54, 1.807) is 7.11 Å². The predicted molar refractivity (Wildman–Crippen MR) is 81.0 cm³/mol. The number of hydrogen-bond acceptors (Lipinski definition) is 3. The van der Waals surface area contributed by atoms with Gasteiger partial charge >= 0.3 is 0 Å². The molecule has 1 saturated heterocycles. The second kappa shape index (κ2) is 6.37. The molecule has 1 heterocycles. The van der Waals surface area contributed by atoms with Crippen LogP contribution in [-0.4, -0.2) is 31.7 Å².